The van der Waals surface area contributed by atoms with Gasteiger partial charge >= 0.3 is 0 Å². The topological polar surface area (TPSA) is 39.9 Å². The van der Waals surface area contributed by atoms with E-state index in [9.17, 15) is 0 Å². The van der Waals surface area contributed by atoms with Crippen LogP contribution in [0.25, 0.3) is 5.69 Å². The van der Waals surface area contributed by atoms with E-state index >= 15 is 0 Å². The van der Waals surface area contributed by atoms with Gasteiger partial charge in [-0.1, -0.05) is 61.2 Å². The average molecular weight is 325 g/mol. The molecule has 3 rings (SSSR count). The van der Waals surface area contributed by atoms with Gasteiger partial charge in [0.2, 0.25) is 0 Å². The Morgan fingerprint density at radius 1 is 1.09 bits per heavy atom. The van der Waals surface area contributed by atoms with E-state index in [1.165, 1.54) is 5.56 Å². The van der Waals surface area contributed by atoms with Crippen LogP contribution in [0.4, 0.5) is 0 Å². The summed E-state index contributed by atoms with van der Waals surface area (Å²) in [6.45, 7) is 2.19. The normalized spacial score (nSPS) is 12.1. The lowest BCUT2D eigenvalue weighted by Gasteiger charge is -2.16. The highest BCUT2D eigenvalue weighted by Gasteiger charge is 2.17. The highest BCUT2D eigenvalue weighted by atomic mass is 32.2. The molecule has 0 fully saturated rings. The lowest BCUT2D eigenvalue weighted by Crippen LogP contribution is -2.00. The zero-order chi connectivity index (χ0) is 16.1. The van der Waals surface area contributed by atoms with Crippen LogP contribution in [0.2, 0.25) is 0 Å². The summed E-state index contributed by atoms with van der Waals surface area (Å²) in [6.07, 6.45) is 2.76. The van der Waals surface area contributed by atoms with Crippen LogP contribution >= 0.6 is 11.8 Å². The van der Waals surface area contributed by atoms with Gasteiger partial charge in [0.1, 0.15) is 12.1 Å². The molecule has 0 N–H and O–H groups in total. The number of para-hydroxylation sites is 2. The Balaban J connectivity index is 1.92. The molecule has 118 valence electrons. The van der Waals surface area contributed by atoms with Crippen LogP contribution in [0.15, 0.2) is 66.1 Å². The minimum absolute atomic E-state index is 0.342. The van der Waals surface area contributed by atoms with Crippen LogP contribution in [0.3, 0.4) is 0 Å². The molecule has 1 atom stereocenters. The zero-order valence-corrected chi connectivity index (χ0v) is 14.0. The maximum absolute atomic E-state index is 5.45. The lowest BCUT2D eigenvalue weighted by atomic mass is 10.1. The van der Waals surface area contributed by atoms with Gasteiger partial charge in [0.05, 0.1) is 12.8 Å². The maximum atomic E-state index is 5.45. The van der Waals surface area contributed by atoms with Crippen molar-refractivity contribution in [3.05, 3.63) is 66.5 Å². The molecular weight excluding hydrogens is 306 g/mol. The smallest absolute Gasteiger partial charge is 0.196 e. The summed E-state index contributed by atoms with van der Waals surface area (Å²) in [7, 11) is 1.68. The number of methoxy groups -OCH3 is 1. The van der Waals surface area contributed by atoms with Crippen LogP contribution in [-0.4, -0.2) is 21.9 Å². The molecule has 23 heavy (non-hydrogen) atoms. The van der Waals surface area contributed by atoms with Crippen LogP contribution in [0.5, 0.6) is 5.75 Å². The Hall–Kier alpha value is -2.27. The van der Waals surface area contributed by atoms with Crippen molar-refractivity contribution in [1.29, 1.82) is 0 Å². The molecule has 4 nitrogen and oxygen atoms in total. The molecule has 3 aromatic rings. The summed E-state index contributed by atoms with van der Waals surface area (Å²) in [4.78, 5) is 0. The summed E-state index contributed by atoms with van der Waals surface area (Å²) in [5, 5.41) is 9.60. The van der Waals surface area contributed by atoms with Crippen molar-refractivity contribution < 1.29 is 4.74 Å². The molecule has 1 heterocycles. The van der Waals surface area contributed by atoms with Crippen molar-refractivity contribution in [2.75, 3.05) is 7.11 Å². The van der Waals surface area contributed by atoms with Crippen molar-refractivity contribution >= 4 is 11.8 Å². The first-order chi connectivity index (χ1) is 11.3. The molecular formula is C18H19N3OS. The van der Waals surface area contributed by atoms with E-state index in [1.54, 1.807) is 25.2 Å². The number of nitrogens with zero attached hydrogens (tertiary/aromatic N) is 3. The fourth-order valence-electron chi connectivity index (χ4n) is 2.48. The van der Waals surface area contributed by atoms with Gasteiger partial charge in [0.15, 0.2) is 5.16 Å². The van der Waals surface area contributed by atoms with Gasteiger partial charge in [-0.3, -0.25) is 4.57 Å². The largest absolute Gasteiger partial charge is 0.495 e. The van der Waals surface area contributed by atoms with Gasteiger partial charge in [0, 0.05) is 5.25 Å². The first kappa shape index (κ1) is 15.6. The third kappa shape index (κ3) is 3.40. The van der Waals surface area contributed by atoms with E-state index in [-0.39, 0.29) is 0 Å². The van der Waals surface area contributed by atoms with E-state index < -0.39 is 0 Å². The highest BCUT2D eigenvalue weighted by molar-refractivity contribution is 7.99. The molecule has 0 saturated carbocycles. The number of thioether (sulfide) groups is 1. The fourth-order valence-corrected chi connectivity index (χ4v) is 3.55. The van der Waals surface area contributed by atoms with Crippen molar-refractivity contribution in [1.82, 2.24) is 14.8 Å². The summed E-state index contributed by atoms with van der Waals surface area (Å²) >= 11 is 1.72. The SMILES string of the molecule is CCC(Sc1nncn1-c1ccccc1OC)c1ccccc1. The minimum atomic E-state index is 0.342. The van der Waals surface area contributed by atoms with Gasteiger partial charge in [-0.15, -0.1) is 10.2 Å². The lowest BCUT2D eigenvalue weighted by molar-refractivity contribution is 0.412. The predicted molar refractivity (Wildman–Crippen MR) is 93.2 cm³/mol. The second-order valence-electron chi connectivity index (χ2n) is 5.08. The van der Waals surface area contributed by atoms with E-state index in [2.05, 4.69) is 41.4 Å². The number of rotatable bonds is 6. The first-order valence-corrected chi connectivity index (χ1v) is 8.46. The van der Waals surface area contributed by atoms with Crippen molar-refractivity contribution in [2.24, 2.45) is 0 Å². The third-order valence-corrected chi connectivity index (χ3v) is 5.03. The Morgan fingerprint density at radius 2 is 1.83 bits per heavy atom. The second kappa shape index (κ2) is 7.33. The Kier molecular flexibility index (Phi) is 4.98. The molecule has 0 bridgehead atoms. The molecule has 0 aliphatic rings. The van der Waals surface area contributed by atoms with E-state index in [1.807, 2.05) is 34.9 Å². The Labute approximate surface area is 140 Å². The highest BCUT2D eigenvalue weighted by Crippen LogP contribution is 2.38. The first-order valence-electron chi connectivity index (χ1n) is 7.58. The fraction of sp³-hybridized carbons (Fsp3) is 0.222. The van der Waals surface area contributed by atoms with Gasteiger partial charge in [0.25, 0.3) is 0 Å². The number of aromatic nitrogens is 3. The van der Waals surface area contributed by atoms with Crippen molar-refractivity contribution in [3.8, 4) is 11.4 Å². The maximum Gasteiger partial charge on any atom is 0.196 e. The molecule has 0 spiro atoms. The van der Waals surface area contributed by atoms with Crippen molar-refractivity contribution in [2.45, 2.75) is 23.8 Å². The van der Waals surface area contributed by atoms with E-state index in [4.69, 9.17) is 4.74 Å². The summed E-state index contributed by atoms with van der Waals surface area (Å²) in [6, 6.07) is 18.4. The van der Waals surface area contributed by atoms with Crippen LogP contribution in [-0.2, 0) is 0 Å². The van der Waals surface area contributed by atoms with Gasteiger partial charge in [-0.25, -0.2) is 0 Å². The molecule has 1 aromatic heterocycles. The second-order valence-corrected chi connectivity index (χ2v) is 6.25. The molecule has 5 heteroatoms. The summed E-state index contributed by atoms with van der Waals surface area (Å²) in [5.74, 6) is 0.807. The zero-order valence-electron chi connectivity index (χ0n) is 13.2. The van der Waals surface area contributed by atoms with Crippen LogP contribution in [0, 0.1) is 0 Å². The van der Waals surface area contributed by atoms with Crippen LogP contribution < -0.4 is 4.74 Å². The molecule has 0 aliphatic heterocycles. The van der Waals surface area contributed by atoms with Gasteiger partial charge in [-0.2, -0.15) is 0 Å². The third-order valence-electron chi connectivity index (χ3n) is 3.65. The van der Waals surface area contributed by atoms with Crippen molar-refractivity contribution in [3.63, 3.8) is 0 Å². The number of hydrogen-bond acceptors (Lipinski definition) is 4. The monoisotopic (exact) mass is 325 g/mol. The van der Waals surface area contributed by atoms with E-state index in [0.717, 1.165) is 23.0 Å². The molecule has 0 aliphatic carbocycles. The number of hydrogen-bond donors (Lipinski definition) is 0. The van der Waals surface area contributed by atoms with E-state index in [0.29, 0.717) is 5.25 Å². The number of benzene rings is 2. The molecule has 1 unspecified atom stereocenters. The number of ether oxygens (including phenoxy) is 1. The minimum Gasteiger partial charge on any atom is -0.495 e. The summed E-state index contributed by atoms with van der Waals surface area (Å²) < 4.78 is 7.44. The summed E-state index contributed by atoms with van der Waals surface area (Å²) in [5.41, 5.74) is 2.25. The standard InChI is InChI=1S/C18H19N3OS/c1-3-17(14-9-5-4-6-10-14)23-18-20-19-13-21(18)15-11-7-8-12-16(15)22-2/h4-13,17H,3H2,1-2H3. The van der Waals surface area contributed by atoms with Gasteiger partial charge < -0.3 is 4.74 Å². The molecule has 0 radical (unpaired) electrons. The molecule has 0 saturated heterocycles. The average Bonchev–Trinajstić information content (AvgIpc) is 3.08. The Bertz CT molecular complexity index is 758. The quantitative estimate of drug-likeness (QED) is 0.625. The molecule has 2 aromatic carbocycles. The predicted octanol–water partition coefficient (Wildman–Crippen LogP) is 4.52. The molecule has 0 amide bonds. The Morgan fingerprint density at radius 3 is 2.57 bits per heavy atom. The van der Waals surface area contributed by atoms with Crippen LogP contribution in [0.1, 0.15) is 24.2 Å². The van der Waals surface area contributed by atoms with Gasteiger partial charge in [-0.05, 0) is 24.1 Å².